The molecular formula is C14H20F3NOS. The Morgan fingerprint density at radius 1 is 1.25 bits per heavy atom. The molecule has 0 amide bonds. The fourth-order valence-corrected chi connectivity index (χ4v) is 2.47. The number of benzene rings is 1. The van der Waals surface area contributed by atoms with Crippen LogP contribution in [0, 0.1) is 0 Å². The maximum atomic E-state index is 12.6. The van der Waals surface area contributed by atoms with E-state index in [4.69, 9.17) is 0 Å². The molecule has 0 unspecified atom stereocenters. The maximum Gasteiger partial charge on any atom is 0.416 e. The van der Waals surface area contributed by atoms with Crippen molar-refractivity contribution in [2.24, 2.45) is 0 Å². The number of hydrogen-bond donors (Lipinski definition) is 1. The summed E-state index contributed by atoms with van der Waals surface area (Å²) in [4.78, 5) is 2.60. The fraction of sp³-hybridized carbons (Fsp3) is 0.571. The van der Waals surface area contributed by atoms with E-state index in [-0.39, 0.29) is 12.1 Å². The molecule has 6 heteroatoms. The number of likely N-dealkylation sites (N-methyl/N-ethyl adjacent to an activating group) is 1. The molecule has 1 aromatic carbocycles. The van der Waals surface area contributed by atoms with E-state index in [1.807, 2.05) is 25.8 Å². The number of alkyl halides is 3. The van der Waals surface area contributed by atoms with Gasteiger partial charge >= 0.3 is 6.18 Å². The molecule has 0 saturated heterocycles. The van der Waals surface area contributed by atoms with Crippen molar-refractivity contribution in [1.82, 2.24) is 4.90 Å². The smallest absolute Gasteiger partial charge is 0.394 e. The highest BCUT2D eigenvalue weighted by Gasteiger charge is 2.30. The minimum atomic E-state index is -4.30. The van der Waals surface area contributed by atoms with Crippen molar-refractivity contribution in [1.29, 1.82) is 0 Å². The molecule has 1 aromatic rings. The first-order valence-electron chi connectivity index (χ1n) is 6.29. The number of hydrogen-bond acceptors (Lipinski definition) is 3. The largest absolute Gasteiger partial charge is 0.416 e. The van der Waals surface area contributed by atoms with Gasteiger partial charge in [-0.15, -0.1) is 11.8 Å². The molecule has 0 aromatic heterocycles. The van der Waals surface area contributed by atoms with E-state index in [9.17, 15) is 18.3 Å². The van der Waals surface area contributed by atoms with Crippen molar-refractivity contribution in [3.05, 3.63) is 29.8 Å². The van der Waals surface area contributed by atoms with Gasteiger partial charge in [0.05, 0.1) is 12.2 Å². The van der Waals surface area contributed by atoms with Crippen molar-refractivity contribution < 1.29 is 18.3 Å². The topological polar surface area (TPSA) is 23.5 Å². The average molecular weight is 307 g/mol. The Hall–Kier alpha value is -0.720. The number of halogens is 3. The Morgan fingerprint density at radius 3 is 2.45 bits per heavy atom. The summed E-state index contributed by atoms with van der Waals surface area (Å²) in [5.74, 6) is 0.668. The second-order valence-corrected chi connectivity index (χ2v) is 6.43. The van der Waals surface area contributed by atoms with Crippen LogP contribution in [-0.4, -0.2) is 41.5 Å². The Kier molecular flexibility index (Phi) is 5.91. The van der Waals surface area contributed by atoms with Gasteiger partial charge in [-0.1, -0.05) is 6.07 Å². The molecule has 0 bridgehead atoms. The molecule has 0 spiro atoms. The molecule has 1 N–H and O–H groups in total. The molecular weight excluding hydrogens is 287 g/mol. The van der Waals surface area contributed by atoms with Crippen LogP contribution in [0.25, 0.3) is 0 Å². The lowest BCUT2D eigenvalue weighted by Gasteiger charge is -2.33. The number of aliphatic hydroxyl groups excluding tert-OH is 1. The second kappa shape index (κ2) is 6.83. The van der Waals surface area contributed by atoms with Gasteiger partial charge in [-0.2, -0.15) is 13.2 Å². The quantitative estimate of drug-likeness (QED) is 0.814. The zero-order valence-corrected chi connectivity index (χ0v) is 12.7. The van der Waals surface area contributed by atoms with Crippen LogP contribution in [0.5, 0.6) is 0 Å². The lowest BCUT2D eigenvalue weighted by molar-refractivity contribution is -0.137. The monoisotopic (exact) mass is 307 g/mol. The van der Waals surface area contributed by atoms with Crippen molar-refractivity contribution in [2.45, 2.75) is 30.5 Å². The van der Waals surface area contributed by atoms with E-state index in [0.29, 0.717) is 17.2 Å². The number of nitrogens with zero attached hydrogens (tertiary/aromatic N) is 1. The zero-order valence-electron chi connectivity index (χ0n) is 11.9. The normalized spacial score (nSPS) is 13.0. The van der Waals surface area contributed by atoms with Gasteiger partial charge in [-0.05, 0) is 39.1 Å². The summed E-state index contributed by atoms with van der Waals surface area (Å²) in [7, 11) is 1.89. The van der Waals surface area contributed by atoms with Crippen molar-refractivity contribution in [3.63, 3.8) is 0 Å². The van der Waals surface area contributed by atoms with Gasteiger partial charge in [-0.25, -0.2) is 0 Å². The molecule has 2 nitrogen and oxygen atoms in total. The molecule has 0 atom stereocenters. The van der Waals surface area contributed by atoms with Crippen LogP contribution >= 0.6 is 11.8 Å². The Balaban J connectivity index is 2.55. The Morgan fingerprint density at radius 2 is 1.90 bits per heavy atom. The predicted octanol–water partition coefficient (Wildman–Crippen LogP) is 3.50. The third-order valence-electron chi connectivity index (χ3n) is 3.28. The standard InChI is InChI=1S/C14H20F3NOS/c1-13(2,10-19)18(3)7-8-20-12-6-4-5-11(9-12)14(15,16)17/h4-6,9,19H,7-8,10H2,1-3H3. The first-order valence-corrected chi connectivity index (χ1v) is 7.27. The van der Waals surface area contributed by atoms with E-state index >= 15 is 0 Å². The van der Waals surface area contributed by atoms with Crippen LogP contribution in [0.3, 0.4) is 0 Å². The van der Waals surface area contributed by atoms with E-state index in [2.05, 4.69) is 0 Å². The molecule has 0 heterocycles. The fourth-order valence-electron chi connectivity index (χ4n) is 1.49. The number of thioether (sulfide) groups is 1. The average Bonchev–Trinajstić information content (AvgIpc) is 2.38. The summed E-state index contributed by atoms with van der Waals surface area (Å²) in [6, 6.07) is 5.34. The van der Waals surface area contributed by atoms with E-state index in [0.717, 1.165) is 6.07 Å². The van der Waals surface area contributed by atoms with Gasteiger partial charge in [0.25, 0.3) is 0 Å². The van der Waals surface area contributed by atoms with Crippen molar-refractivity contribution >= 4 is 11.8 Å². The van der Waals surface area contributed by atoms with Crippen LogP contribution < -0.4 is 0 Å². The molecule has 114 valence electrons. The maximum absolute atomic E-state index is 12.6. The van der Waals surface area contributed by atoms with Gasteiger partial charge in [-0.3, -0.25) is 4.90 Å². The molecule has 0 radical (unpaired) electrons. The van der Waals surface area contributed by atoms with Gasteiger partial charge in [0.15, 0.2) is 0 Å². The first-order chi connectivity index (χ1) is 9.16. The van der Waals surface area contributed by atoms with Crippen molar-refractivity contribution in [2.75, 3.05) is 26.0 Å². The SMILES string of the molecule is CN(CCSc1cccc(C(F)(F)F)c1)C(C)(C)CO. The summed E-state index contributed by atoms with van der Waals surface area (Å²) in [5.41, 5.74) is -0.944. The summed E-state index contributed by atoms with van der Waals surface area (Å²) < 4.78 is 37.7. The highest BCUT2D eigenvalue weighted by atomic mass is 32.2. The summed E-state index contributed by atoms with van der Waals surface area (Å²) in [6.45, 7) is 4.57. The van der Waals surface area contributed by atoms with Gasteiger partial charge in [0.2, 0.25) is 0 Å². The minimum Gasteiger partial charge on any atom is -0.394 e. The third kappa shape index (κ3) is 5.00. The van der Waals surface area contributed by atoms with E-state index < -0.39 is 11.7 Å². The predicted molar refractivity (Wildman–Crippen MR) is 76.0 cm³/mol. The van der Waals surface area contributed by atoms with Crippen LogP contribution in [-0.2, 0) is 6.18 Å². The molecule has 0 aliphatic rings. The lowest BCUT2D eigenvalue weighted by Crippen LogP contribution is -2.45. The van der Waals surface area contributed by atoms with Crippen LogP contribution in [0.1, 0.15) is 19.4 Å². The number of aliphatic hydroxyl groups is 1. The van der Waals surface area contributed by atoms with Gasteiger partial charge in [0, 0.05) is 22.7 Å². The van der Waals surface area contributed by atoms with Crippen LogP contribution in [0.2, 0.25) is 0 Å². The zero-order chi connectivity index (χ0) is 15.4. The number of rotatable bonds is 6. The highest BCUT2D eigenvalue weighted by molar-refractivity contribution is 7.99. The van der Waals surface area contributed by atoms with Gasteiger partial charge in [0.1, 0.15) is 0 Å². The summed E-state index contributed by atoms with van der Waals surface area (Å²) >= 11 is 1.38. The highest BCUT2D eigenvalue weighted by Crippen LogP contribution is 2.31. The van der Waals surface area contributed by atoms with Gasteiger partial charge < -0.3 is 5.11 Å². The Labute approximate surface area is 122 Å². The molecule has 0 fully saturated rings. The third-order valence-corrected chi connectivity index (χ3v) is 4.25. The summed E-state index contributed by atoms with van der Waals surface area (Å²) in [6.07, 6.45) is -4.30. The first kappa shape index (κ1) is 17.3. The molecule has 0 aliphatic carbocycles. The minimum absolute atomic E-state index is 0.0394. The van der Waals surface area contributed by atoms with Crippen molar-refractivity contribution in [3.8, 4) is 0 Å². The Bertz CT molecular complexity index is 435. The van der Waals surface area contributed by atoms with Crippen LogP contribution in [0.4, 0.5) is 13.2 Å². The molecule has 1 rings (SSSR count). The molecule has 20 heavy (non-hydrogen) atoms. The second-order valence-electron chi connectivity index (χ2n) is 5.27. The molecule has 0 saturated carbocycles. The van der Waals surface area contributed by atoms with Crippen LogP contribution in [0.15, 0.2) is 29.2 Å². The van der Waals surface area contributed by atoms with E-state index in [1.165, 1.54) is 23.9 Å². The lowest BCUT2D eigenvalue weighted by atomic mass is 10.1. The van der Waals surface area contributed by atoms with E-state index in [1.54, 1.807) is 6.07 Å². The molecule has 0 aliphatic heterocycles. The summed E-state index contributed by atoms with van der Waals surface area (Å²) in [5, 5.41) is 9.23.